The van der Waals surface area contributed by atoms with Crippen LogP contribution in [0, 0.1) is 0 Å². The molecule has 0 saturated carbocycles. The fourth-order valence-corrected chi connectivity index (χ4v) is 7.94. The van der Waals surface area contributed by atoms with Crippen molar-refractivity contribution in [1.29, 1.82) is 0 Å². The van der Waals surface area contributed by atoms with Gasteiger partial charge in [-0.3, -0.25) is 4.98 Å². The Kier molecular flexibility index (Phi) is 6.09. The molecule has 0 radical (unpaired) electrons. The molecule has 0 N–H and O–H groups in total. The van der Waals surface area contributed by atoms with Gasteiger partial charge in [-0.15, -0.1) is 0 Å². The number of benzene rings is 6. The summed E-state index contributed by atoms with van der Waals surface area (Å²) in [6.07, 6.45) is 3.86. The second kappa shape index (κ2) is 10.8. The summed E-state index contributed by atoms with van der Waals surface area (Å²) in [5.74, 6) is 0. The van der Waals surface area contributed by atoms with Gasteiger partial charge in [0.2, 0.25) is 0 Å². The summed E-state index contributed by atoms with van der Waals surface area (Å²) in [7, 11) is 0. The van der Waals surface area contributed by atoms with E-state index in [9.17, 15) is 0 Å². The van der Waals surface area contributed by atoms with E-state index in [4.69, 9.17) is 9.97 Å². The van der Waals surface area contributed by atoms with Gasteiger partial charge in [-0.1, -0.05) is 133 Å². The van der Waals surface area contributed by atoms with Crippen molar-refractivity contribution < 1.29 is 0 Å². The Labute approximate surface area is 284 Å². The monoisotopic (exact) mass is 623 g/mol. The number of fused-ring (bicyclic) bond motifs is 7. The van der Waals surface area contributed by atoms with Crippen molar-refractivity contribution in [3.63, 3.8) is 0 Å². The minimum atomic E-state index is -0.476. The predicted molar refractivity (Wildman–Crippen MR) is 201 cm³/mol. The first-order valence-electron chi connectivity index (χ1n) is 16.7. The quantitative estimate of drug-likeness (QED) is 0.183. The Morgan fingerprint density at radius 2 is 0.980 bits per heavy atom. The molecular formula is C46H29N3. The SMILES string of the molecule is c1ccc(C2(c3cccnc3)c3ccccc3-c3cc(-c4ccc5ccc6ccc(-c7ccc8ccccc8c7)nc6c5n4)ccc32)cc1. The molecule has 3 heterocycles. The van der Waals surface area contributed by atoms with E-state index in [0.717, 1.165) is 49.9 Å². The van der Waals surface area contributed by atoms with E-state index in [1.165, 1.54) is 38.6 Å². The number of hydrogen-bond acceptors (Lipinski definition) is 3. The van der Waals surface area contributed by atoms with Crippen LogP contribution in [0.25, 0.3) is 66.2 Å². The standard InChI is InChI=1S/C46H29N3/c1-2-11-36(12-3-1)46(37-13-8-26-47-29-37)40-15-7-6-14-38(40)39-28-35(20-23-41(39)46)43-25-22-32-18-17-31-21-24-42(48-44(31)45(32)49-43)34-19-16-30-9-4-5-10-33(30)27-34/h1-29H. The topological polar surface area (TPSA) is 38.7 Å². The van der Waals surface area contributed by atoms with E-state index in [2.05, 4.69) is 163 Å². The third kappa shape index (κ3) is 4.19. The van der Waals surface area contributed by atoms with Crippen molar-refractivity contribution in [2.24, 2.45) is 0 Å². The van der Waals surface area contributed by atoms with E-state index in [0.29, 0.717) is 0 Å². The molecule has 3 nitrogen and oxygen atoms in total. The molecule has 0 bridgehead atoms. The van der Waals surface area contributed by atoms with Crippen molar-refractivity contribution in [1.82, 2.24) is 15.0 Å². The molecule has 1 aliphatic carbocycles. The van der Waals surface area contributed by atoms with Crippen molar-refractivity contribution in [2.45, 2.75) is 5.41 Å². The Morgan fingerprint density at radius 1 is 0.388 bits per heavy atom. The first-order valence-corrected chi connectivity index (χ1v) is 16.7. The molecule has 3 aromatic heterocycles. The van der Waals surface area contributed by atoms with Crippen molar-refractivity contribution in [2.75, 3.05) is 0 Å². The molecule has 10 rings (SSSR count). The van der Waals surface area contributed by atoms with Gasteiger partial charge >= 0.3 is 0 Å². The smallest absolute Gasteiger partial charge is 0.0972 e. The Bertz CT molecular complexity index is 2680. The lowest BCUT2D eigenvalue weighted by Gasteiger charge is -2.33. The van der Waals surface area contributed by atoms with Crippen molar-refractivity contribution >= 4 is 32.6 Å². The molecule has 0 fully saturated rings. The van der Waals surface area contributed by atoms with Gasteiger partial charge < -0.3 is 0 Å². The van der Waals surface area contributed by atoms with E-state index < -0.39 is 5.41 Å². The maximum atomic E-state index is 5.32. The zero-order chi connectivity index (χ0) is 32.4. The number of aromatic nitrogens is 3. The number of hydrogen-bond donors (Lipinski definition) is 0. The summed E-state index contributed by atoms with van der Waals surface area (Å²) in [5, 5.41) is 4.58. The molecule has 1 aliphatic rings. The van der Waals surface area contributed by atoms with Crippen LogP contribution in [0.1, 0.15) is 22.3 Å². The number of nitrogens with zero attached hydrogens (tertiary/aromatic N) is 3. The summed E-state index contributed by atoms with van der Waals surface area (Å²) in [6.45, 7) is 0. The molecule has 1 unspecified atom stereocenters. The number of pyridine rings is 3. The van der Waals surface area contributed by atoms with Gasteiger partial charge in [-0.25, -0.2) is 9.97 Å². The molecule has 228 valence electrons. The molecule has 9 aromatic rings. The molecule has 3 heteroatoms. The maximum Gasteiger partial charge on any atom is 0.0972 e. The van der Waals surface area contributed by atoms with Gasteiger partial charge in [0.15, 0.2) is 0 Å². The third-order valence-corrected chi connectivity index (χ3v) is 10.2. The molecule has 6 aromatic carbocycles. The zero-order valence-corrected chi connectivity index (χ0v) is 26.6. The number of rotatable bonds is 4. The largest absolute Gasteiger partial charge is 0.264 e. The van der Waals surface area contributed by atoms with Gasteiger partial charge in [0.1, 0.15) is 0 Å². The maximum absolute atomic E-state index is 5.32. The van der Waals surface area contributed by atoms with Crippen LogP contribution < -0.4 is 0 Å². The van der Waals surface area contributed by atoms with E-state index in [1.807, 2.05) is 18.5 Å². The van der Waals surface area contributed by atoms with E-state index in [1.54, 1.807) is 0 Å². The second-order valence-corrected chi connectivity index (χ2v) is 12.8. The lowest BCUT2D eigenvalue weighted by molar-refractivity contribution is 0.763. The highest BCUT2D eigenvalue weighted by Gasteiger charge is 2.46. The molecule has 0 aliphatic heterocycles. The first-order chi connectivity index (χ1) is 24.3. The average Bonchev–Trinajstić information content (AvgIpc) is 3.48. The Balaban J connectivity index is 1.15. The summed E-state index contributed by atoms with van der Waals surface area (Å²) < 4.78 is 0. The van der Waals surface area contributed by atoms with Crippen LogP contribution in [-0.4, -0.2) is 15.0 Å². The molecule has 1 atom stereocenters. The van der Waals surface area contributed by atoms with Crippen LogP contribution in [0.15, 0.2) is 176 Å². The van der Waals surface area contributed by atoms with Gasteiger partial charge in [0.05, 0.1) is 27.8 Å². The van der Waals surface area contributed by atoms with E-state index in [-0.39, 0.29) is 0 Å². The average molecular weight is 624 g/mol. The zero-order valence-electron chi connectivity index (χ0n) is 26.6. The fraction of sp³-hybridized carbons (Fsp3) is 0.0217. The van der Waals surface area contributed by atoms with Gasteiger partial charge in [-0.05, 0) is 74.5 Å². The molecule has 0 amide bonds. The molecule has 0 spiro atoms. The lowest BCUT2D eigenvalue weighted by Crippen LogP contribution is -2.28. The van der Waals surface area contributed by atoms with Crippen LogP contribution in [-0.2, 0) is 5.41 Å². The van der Waals surface area contributed by atoms with Crippen LogP contribution in [0.2, 0.25) is 0 Å². The van der Waals surface area contributed by atoms with Gasteiger partial charge in [0.25, 0.3) is 0 Å². The highest BCUT2D eigenvalue weighted by Crippen LogP contribution is 2.56. The summed E-state index contributed by atoms with van der Waals surface area (Å²) >= 11 is 0. The normalized spacial score (nSPS) is 15.0. The second-order valence-electron chi connectivity index (χ2n) is 12.8. The van der Waals surface area contributed by atoms with Crippen LogP contribution in [0.4, 0.5) is 0 Å². The van der Waals surface area contributed by atoms with Crippen LogP contribution in [0.5, 0.6) is 0 Å². The minimum absolute atomic E-state index is 0.476. The highest BCUT2D eigenvalue weighted by molar-refractivity contribution is 6.04. The van der Waals surface area contributed by atoms with Gasteiger partial charge in [-0.2, -0.15) is 0 Å². The first kappa shape index (κ1) is 27.6. The highest BCUT2D eigenvalue weighted by atomic mass is 14.8. The molecule has 0 saturated heterocycles. The fourth-order valence-electron chi connectivity index (χ4n) is 7.94. The van der Waals surface area contributed by atoms with E-state index >= 15 is 0 Å². The Hall–Kier alpha value is -6.45. The minimum Gasteiger partial charge on any atom is -0.264 e. The predicted octanol–water partition coefficient (Wildman–Crippen LogP) is 11.0. The molecular weight excluding hydrogens is 595 g/mol. The van der Waals surface area contributed by atoms with Gasteiger partial charge in [0, 0.05) is 34.3 Å². The summed E-state index contributed by atoms with van der Waals surface area (Å²) in [4.78, 5) is 15.1. The van der Waals surface area contributed by atoms with Crippen LogP contribution in [0.3, 0.4) is 0 Å². The van der Waals surface area contributed by atoms with Crippen molar-refractivity contribution in [3.05, 3.63) is 198 Å². The Morgan fingerprint density at radius 3 is 1.73 bits per heavy atom. The summed E-state index contributed by atoms with van der Waals surface area (Å²) in [5.41, 5.74) is 12.8. The van der Waals surface area contributed by atoms with Crippen molar-refractivity contribution in [3.8, 4) is 33.6 Å². The summed E-state index contributed by atoms with van der Waals surface area (Å²) in [6, 6.07) is 58.6. The third-order valence-electron chi connectivity index (χ3n) is 10.2. The molecule has 49 heavy (non-hydrogen) atoms. The lowest BCUT2D eigenvalue weighted by atomic mass is 9.68. The van der Waals surface area contributed by atoms with Crippen LogP contribution >= 0.6 is 0 Å².